The molecule has 3 N–H and O–H groups in total. The van der Waals surface area contributed by atoms with Crippen molar-refractivity contribution in [2.24, 2.45) is 10.7 Å². The molecule has 12 heteroatoms. The molecular formula is C30H41N3O8Si. The Hall–Kier alpha value is -4.03. The summed E-state index contributed by atoms with van der Waals surface area (Å²) in [5.41, 5.74) is 7.03. The molecule has 0 aliphatic carbocycles. The molecule has 2 aromatic carbocycles. The Labute approximate surface area is 247 Å². The summed E-state index contributed by atoms with van der Waals surface area (Å²) >= 11 is 0. The second-order valence-corrected chi connectivity index (χ2v) is 15.8. The molecule has 2 aromatic rings. The smallest absolute Gasteiger partial charge is 0.435 e. The van der Waals surface area contributed by atoms with Crippen molar-refractivity contribution in [1.82, 2.24) is 5.32 Å². The molecule has 0 aliphatic heterocycles. The first-order chi connectivity index (χ1) is 19.6. The van der Waals surface area contributed by atoms with Crippen LogP contribution in [0.15, 0.2) is 53.5 Å². The molecule has 0 saturated heterocycles. The van der Waals surface area contributed by atoms with Crippen LogP contribution >= 0.6 is 0 Å². The Kier molecular flexibility index (Phi) is 12.4. The summed E-state index contributed by atoms with van der Waals surface area (Å²) in [4.78, 5) is 52.8. The largest absolute Gasteiger partial charge is 0.482 e. The zero-order valence-corrected chi connectivity index (χ0v) is 26.3. The zero-order chi connectivity index (χ0) is 31.5. The summed E-state index contributed by atoms with van der Waals surface area (Å²) in [6, 6.07) is 11.5. The van der Waals surface area contributed by atoms with Gasteiger partial charge in [-0.3, -0.25) is 9.59 Å². The summed E-state index contributed by atoms with van der Waals surface area (Å²) in [5.74, 6) is -0.911. The highest BCUT2D eigenvalue weighted by atomic mass is 28.4. The van der Waals surface area contributed by atoms with E-state index in [0.717, 1.165) is 0 Å². The number of ether oxygens (including phenoxy) is 3. The second-order valence-electron chi connectivity index (χ2n) is 11.0. The van der Waals surface area contributed by atoms with Crippen molar-refractivity contribution in [3.63, 3.8) is 0 Å². The molecular weight excluding hydrogens is 558 g/mol. The lowest BCUT2D eigenvalue weighted by atomic mass is 10.0. The lowest BCUT2D eigenvalue weighted by Crippen LogP contribution is -2.41. The Balaban J connectivity index is 1.87. The van der Waals surface area contributed by atoms with Gasteiger partial charge in [-0.05, 0) is 68.4 Å². The summed E-state index contributed by atoms with van der Waals surface area (Å²) in [5, 5.41) is 2.72. The minimum atomic E-state index is -1.94. The third kappa shape index (κ3) is 10.4. The van der Waals surface area contributed by atoms with E-state index in [4.69, 9.17) is 24.4 Å². The molecule has 0 spiro atoms. The quantitative estimate of drug-likeness (QED) is 0.0845. The molecule has 0 aromatic heterocycles. The number of carbonyl (C=O) groups excluding carboxylic acids is 4. The van der Waals surface area contributed by atoms with Crippen LogP contribution in [-0.4, -0.2) is 70.4 Å². The maximum absolute atomic E-state index is 12.8. The average Bonchev–Trinajstić information content (AvgIpc) is 2.93. The first-order valence-electron chi connectivity index (χ1n) is 13.6. The number of nitrogens with two attached hydrogens (primary N) is 1. The SMILES string of the molecule is CCOC(=O)COc1ccc(C(=O)[C@H](C)NC(=O)c2ccc(C(N)=NC(=O)OCCO[Si](C)(C)C(C)(C)C)cc2)cc1. The van der Waals surface area contributed by atoms with Gasteiger partial charge in [-0.2, -0.15) is 4.99 Å². The number of Topliss-reactive ketones (excluding diaryl/α,β-unsaturated/α-hetero) is 1. The van der Waals surface area contributed by atoms with Gasteiger partial charge in [-0.1, -0.05) is 32.9 Å². The number of hydrogen-bond donors (Lipinski definition) is 2. The van der Waals surface area contributed by atoms with E-state index < -0.39 is 32.3 Å². The van der Waals surface area contributed by atoms with Crippen LogP contribution in [0, 0.1) is 0 Å². The number of rotatable bonds is 13. The molecule has 0 saturated carbocycles. The van der Waals surface area contributed by atoms with Crippen LogP contribution in [0.4, 0.5) is 4.79 Å². The number of hydrogen-bond acceptors (Lipinski definition) is 8. The van der Waals surface area contributed by atoms with Crippen LogP contribution in [0.1, 0.15) is 60.9 Å². The van der Waals surface area contributed by atoms with Gasteiger partial charge in [0.05, 0.1) is 19.3 Å². The fourth-order valence-electron chi connectivity index (χ4n) is 3.29. The van der Waals surface area contributed by atoms with Crippen LogP contribution < -0.4 is 15.8 Å². The summed E-state index contributed by atoms with van der Waals surface area (Å²) in [7, 11) is -1.94. The predicted molar refractivity (Wildman–Crippen MR) is 161 cm³/mol. The van der Waals surface area contributed by atoms with Gasteiger partial charge in [0.1, 0.15) is 18.2 Å². The van der Waals surface area contributed by atoms with Crippen molar-refractivity contribution in [3.8, 4) is 5.75 Å². The standard InChI is InChI=1S/C30H41N3O8Si/c1-8-38-25(34)19-40-24-15-13-21(14-16-24)26(35)20(2)32-28(36)23-11-9-22(10-12-23)27(31)33-29(37)39-17-18-41-42(6,7)30(3,4)5/h9-16,20H,8,17-19H2,1-7H3,(H,32,36)(H2,31,33,37)/t20-/m0/s1. The fourth-order valence-corrected chi connectivity index (χ4v) is 4.31. The number of carbonyl (C=O) groups is 4. The van der Waals surface area contributed by atoms with Gasteiger partial charge in [-0.25, -0.2) is 9.59 Å². The fraction of sp³-hybridized carbons (Fsp3) is 0.433. The maximum atomic E-state index is 12.8. The van der Waals surface area contributed by atoms with Crippen molar-refractivity contribution < 1.29 is 37.8 Å². The van der Waals surface area contributed by atoms with E-state index in [1.807, 2.05) is 0 Å². The van der Waals surface area contributed by atoms with E-state index in [2.05, 4.69) is 44.2 Å². The van der Waals surface area contributed by atoms with Gasteiger partial charge >= 0.3 is 12.1 Å². The van der Waals surface area contributed by atoms with Crippen molar-refractivity contribution in [2.75, 3.05) is 26.4 Å². The van der Waals surface area contributed by atoms with E-state index >= 15 is 0 Å². The van der Waals surface area contributed by atoms with Crippen molar-refractivity contribution >= 4 is 37.9 Å². The van der Waals surface area contributed by atoms with E-state index in [1.165, 1.54) is 12.1 Å². The van der Waals surface area contributed by atoms with Gasteiger partial charge in [0.25, 0.3) is 5.91 Å². The van der Waals surface area contributed by atoms with E-state index in [9.17, 15) is 19.2 Å². The molecule has 0 unspecified atom stereocenters. The van der Waals surface area contributed by atoms with Gasteiger partial charge in [-0.15, -0.1) is 0 Å². The number of amides is 2. The van der Waals surface area contributed by atoms with Crippen LogP contribution in [0.2, 0.25) is 18.1 Å². The number of amidine groups is 1. The Morgan fingerprint density at radius 3 is 2.05 bits per heavy atom. The number of nitrogens with one attached hydrogen (secondary N) is 1. The summed E-state index contributed by atoms with van der Waals surface area (Å²) in [6.45, 7) is 14.2. The maximum Gasteiger partial charge on any atom is 0.435 e. The van der Waals surface area contributed by atoms with Crippen LogP contribution in [0.25, 0.3) is 0 Å². The Morgan fingerprint density at radius 1 is 0.905 bits per heavy atom. The van der Waals surface area contributed by atoms with Crippen LogP contribution in [0.5, 0.6) is 5.75 Å². The number of benzene rings is 2. The van der Waals surface area contributed by atoms with Gasteiger partial charge in [0, 0.05) is 16.7 Å². The zero-order valence-electron chi connectivity index (χ0n) is 25.3. The molecule has 11 nitrogen and oxygen atoms in total. The summed E-state index contributed by atoms with van der Waals surface area (Å²) < 4.78 is 21.2. The van der Waals surface area contributed by atoms with Gasteiger partial charge in [0.15, 0.2) is 20.7 Å². The lowest BCUT2D eigenvalue weighted by molar-refractivity contribution is -0.145. The molecule has 228 valence electrons. The molecule has 0 aliphatic rings. The van der Waals surface area contributed by atoms with E-state index in [0.29, 0.717) is 22.4 Å². The molecule has 0 fully saturated rings. The summed E-state index contributed by atoms with van der Waals surface area (Å²) in [6.07, 6.45) is -0.834. The molecule has 2 rings (SSSR count). The molecule has 1 atom stereocenters. The highest BCUT2D eigenvalue weighted by Crippen LogP contribution is 2.36. The minimum Gasteiger partial charge on any atom is -0.482 e. The Morgan fingerprint density at radius 2 is 1.48 bits per heavy atom. The highest BCUT2D eigenvalue weighted by molar-refractivity contribution is 6.74. The van der Waals surface area contributed by atoms with Gasteiger partial charge in [0.2, 0.25) is 0 Å². The van der Waals surface area contributed by atoms with Crippen molar-refractivity contribution in [2.45, 2.75) is 58.8 Å². The molecule has 42 heavy (non-hydrogen) atoms. The topological polar surface area (TPSA) is 156 Å². The van der Waals surface area contributed by atoms with Gasteiger partial charge < -0.3 is 29.7 Å². The monoisotopic (exact) mass is 599 g/mol. The number of esters is 1. The van der Waals surface area contributed by atoms with Crippen LogP contribution in [0.3, 0.4) is 0 Å². The van der Waals surface area contributed by atoms with Crippen molar-refractivity contribution in [1.29, 1.82) is 0 Å². The molecule has 0 radical (unpaired) electrons. The van der Waals surface area contributed by atoms with E-state index in [-0.39, 0.29) is 43.1 Å². The normalized spacial score (nSPS) is 12.7. The molecule has 0 bridgehead atoms. The minimum absolute atomic E-state index is 0.0483. The number of aliphatic imine (C=N–C) groups is 1. The number of ketones is 1. The lowest BCUT2D eigenvalue weighted by Gasteiger charge is -2.35. The second kappa shape index (κ2) is 15.3. The highest BCUT2D eigenvalue weighted by Gasteiger charge is 2.37. The van der Waals surface area contributed by atoms with Crippen molar-refractivity contribution in [3.05, 3.63) is 65.2 Å². The molecule has 0 heterocycles. The first-order valence-corrected chi connectivity index (χ1v) is 16.5. The van der Waals surface area contributed by atoms with E-state index in [1.54, 1.807) is 50.2 Å². The Bertz CT molecular complexity index is 1270. The number of nitrogens with zero attached hydrogens (tertiary/aromatic N) is 1. The predicted octanol–water partition coefficient (Wildman–Crippen LogP) is 4.49. The molecule has 2 amide bonds. The third-order valence-electron chi connectivity index (χ3n) is 6.77. The third-order valence-corrected chi connectivity index (χ3v) is 11.3. The first kappa shape index (κ1) is 34.2. The average molecular weight is 600 g/mol. The van der Waals surface area contributed by atoms with Crippen LogP contribution in [-0.2, 0) is 18.7 Å².